The van der Waals surface area contributed by atoms with Crippen molar-refractivity contribution < 1.29 is 0 Å². The summed E-state index contributed by atoms with van der Waals surface area (Å²) in [5, 5.41) is 0. The first-order valence-electron chi connectivity index (χ1n) is 7.09. The molecular formula is C16H26N2. The zero-order valence-corrected chi connectivity index (χ0v) is 12.0. The summed E-state index contributed by atoms with van der Waals surface area (Å²) in [7, 11) is 0. The van der Waals surface area contributed by atoms with Crippen molar-refractivity contribution in [1.29, 1.82) is 0 Å². The fourth-order valence-electron chi connectivity index (χ4n) is 2.81. The molecule has 1 heterocycles. The molecule has 2 N–H and O–H groups in total. The highest BCUT2D eigenvalue weighted by Crippen LogP contribution is 2.21. The molecule has 1 fully saturated rings. The molecule has 0 bridgehead atoms. The Kier molecular flexibility index (Phi) is 4.41. The van der Waals surface area contributed by atoms with Gasteiger partial charge in [0, 0.05) is 6.54 Å². The number of nitrogens with zero attached hydrogens (tertiary/aromatic N) is 1. The molecule has 100 valence electrons. The maximum absolute atomic E-state index is 5.74. The first kappa shape index (κ1) is 13.6. The maximum atomic E-state index is 5.74. The highest BCUT2D eigenvalue weighted by molar-refractivity contribution is 5.36. The number of nitrogens with two attached hydrogens (primary N) is 1. The molecule has 2 rings (SSSR count). The van der Waals surface area contributed by atoms with Crippen LogP contribution in [0, 0.1) is 26.7 Å². The van der Waals surface area contributed by atoms with Crippen LogP contribution < -0.4 is 5.73 Å². The van der Waals surface area contributed by atoms with Gasteiger partial charge in [0.05, 0.1) is 0 Å². The molecule has 18 heavy (non-hydrogen) atoms. The van der Waals surface area contributed by atoms with Crippen molar-refractivity contribution >= 4 is 0 Å². The average Bonchev–Trinajstić information content (AvgIpc) is 2.37. The van der Waals surface area contributed by atoms with Crippen molar-refractivity contribution in [3.8, 4) is 0 Å². The molecular weight excluding hydrogens is 220 g/mol. The van der Waals surface area contributed by atoms with E-state index in [9.17, 15) is 0 Å². The van der Waals surface area contributed by atoms with E-state index < -0.39 is 0 Å². The van der Waals surface area contributed by atoms with Crippen molar-refractivity contribution in [3.63, 3.8) is 0 Å². The van der Waals surface area contributed by atoms with Crippen LogP contribution in [0.1, 0.15) is 35.1 Å². The standard InChI is InChI=1S/C16H26N2/c1-12-8-14(3)16(9-13(12)2)11-18-6-4-15(10-17)5-7-18/h8-9,15H,4-7,10-11,17H2,1-3H3. The quantitative estimate of drug-likeness (QED) is 0.888. The second-order valence-corrected chi connectivity index (χ2v) is 5.82. The van der Waals surface area contributed by atoms with Crippen LogP contribution in [0.15, 0.2) is 12.1 Å². The van der Waals surface area contributed by atoms with Gasteiger partial charge in [-0.2, -0.15) is 0 Å². The molecule has 1 aromatic carbocycles. The Morgan fingerprint density at radius 2 is 1.67 bits per heavy atom. The number of benzene rings is 1. The molecule has 0 aromatic heterocycles. The van der Waals surface area contributed by atoms with Crippen LogP contribution >= 0.6 is 0 Å². The van der Waals surface area contributed by atoms with Crippen molar-refractivity contribution in [2.45, 2.75) is 40.2 Å². The van der Waals surface area contributed by atoms with Gasteiger partial charge in [0.1, 0.15) is 0 Å². The molecule has 0 unspecified atom stereocenters. The van der Waals surface area contributed by atoms with Gasteiger partial charge in [0.15, 0.2) is 0 Å². The highest BCUT2D eigenvalue weighted by Gasteiger charge is 2.18. The molecule has 0 spiro atoms. The first-order chi connectivity index (χ1) is 8.60. The molecule has 1 saturated heterocycles. The van der Waals surface area contributed by atoms with Crippen LogP contribution in [0.4, 0.5) is 0 Å². The number of hydrogen-bond acceptors (Lipinski definition) is 2. The molecule has 0 amide bonds. The van der Waals surface area contributed by atoms with E-state index in [1.165, 1.54) is 48.2 Å². The zero-order valence-electron chi connectivity index (χ0n) is 12.0. The topological polar surface area (TPSA) is 29.3 Å². The summed E-state index contributed by atoms with van der Waals surface area (Å²) in [6.07, 6.45) is 2.53. The van der Waals surface area contributed by atoms with E-state index >= 15 is 0 Å². The summed E-state index contributed by atoms with van der Waals surface area (Å²) in [4.78, 5) is 2.57. The van der Waals surface area contributed by atoms with Gasteiger partial charge in [0.25, 0.3) is 0 Å². The minimum atomic E-state index is 0.752. The highest BCUT2D eigenvalue weighted by atomic mass is 15.1. The lowest BCUT2D eigenvalue weighted by Crippen LogP contribution is -2.35. The Morgan fingerprint density at radius 3 is 2.28 bits per heavy atom. The molecule has 1 aliphatic rings. The number of aryl methyl sites for hydroxylation is 3. The van der Waals surface area contributed by atoms with Crippen molar-refractivity contribution in [2.75, 3.05) is 19.6 Å². The largest absolute Gasteiger partial charge is 0.330 e. The van der Waals surface area contributed by atoms with Crippen molar-refractivity contribution in [2.24, 2.45) is 11.7 Å². The summed E-state index contributed by atoms with van der Waals surface area (Å²) >= 11 is 0. The second-order valence-electron chi connectivity index (χ2n) is 5.82. The Morgan fingerprint density at radius 1 is 1.06 bits per heavy atom. The number of hydrogen-bond donors (Lipinski definition) is 1. The van der Waals surface area contributed by atoms with Gasteiger partial charge in [-0.05, 0) is 81.4 Å². The van der Waals surface area contributed by atoms with Crippen LogP contribution in [0.2, 0.25) is 0 Å². The maximum Gasteiger partial charge on any atom is 0.0236 e. The van der Waals surface area contributed by atoms with Gasteiger partial charge in [-0.1, -0.05) is 12.1 Å². The molecule has 2 nitrogen and oxygen atoms in total. The van der Waals surface area contributed by atoms with Gasteiger partial charge in [-0.25, -0.2) is 0 Å². The summed E-state index contributed by atoms with van der Waals surface area (Å²) < 4.78 is 0. The van der Waals surface area contributed by atoms with Gasteiger partial charge in [-0.3, -0.25) is 4.90 Å². The van der Waals surface area contributed by atoms with Gasteiger partial charge in [0.2, 0.25) is 0 Å². The summed E-state index contributed by atoms with van der Waals surface area (Å²) in [5.74, 6) is 0.752. The molecule has 2 heteroatoms. The fourth-order valence-corrected chi connectivity index (χ4v) is 2.81. The Balaban J connectivity index is 2.00. The van der Waals surface area contributed by atoms with E-state index in [1.807, 2.05) is 0 Å². The monoisotopic (exact) mass is 246 g/mol. The first-order valence-corrected chi connectivity index (χ1v) is 7.09. The normalized spacial score (nSPS) is 18.2. The van der Waals surface area contributed by atoms with Gasteiger partial charge in [-0.15, -0.1) is 0 Å². The predicted octanol–water partition coefficient (Wildman–Crippen LogP) is 2.78. The SMILES string of the molecule is Cc1cc(C)c(CN2CCC(CN)CC2)cc1C. The minimum Gasteiger partial charge on any atom is -0.330 e. The lowest BCUT2D eigenvalue weighted by Gasteiger charge is -2.31. The Labute approximate surface area is 111 Å². The third-order valence-corrected chi connectivity index (χ3v) is 4.39. The molecule has 1 aliphatic heterocycles. The van der Waals surface area contributed by atoms with Crippen LogP contribution in [0.25, 0.3) is 0 Å². The van der Waals surface area contributed by atoms with E-state index in [0.717, 1.165) is 19.0 Å². The minimum absolute atomic E-state index is 0.752. The average molecular weight is 246 g/mol. The number of piperidine rings is 1. The fraction of sp³-hybridized carbons (Fsp3) is 0.625. The predicted molar refractivity (Wildman–Crippen MR) is 77.7 cm³/mol. The third-order valence-electron chi connectivity index (χ3n) is 4.39. The lowest BCUT2D eigenvalue weighted by atomic mass is 9.95. The van der Waals surface area contributed by atoms with Gasteiger partial charge < -0.3 is 5.73 Å². The van der Waals surface area contributed by atoms with Crippen LogP contribution in [0.5, 0.6) is 0 Å². The smallest absolute Gasteiger partial charge is 0.0236 e. The Hall–Kier alpha value is -0.860. The summed E-state index contributed by atoms with van der Waals surface area (Å²) in [5.41, 5.74) is 11.5. The van der Waals surface area contributed by atoms with Crippen LogP contribution in [-0.2, 0) is 6.54 Å². The molecule has 0 radical (unpaired) electrons. The summed E-state index contributed by atoms with van der Waals surface area (Å²) in [6.45, 7) is 11.0. The molecule has 0 aliphatic carbocycles. The van der Waals surface area contributed by atoms with E-state index in [1.54, 1.807) is 0 Å². The molecule has 0 saturated carbocycles. The zero-order chi connectivity index (χ0) is 13.1. The molecule has 1 aromatic rings. The van der Waals surface area contributed by atoms with E-state index in [2.05, 4.69) is 37.8 Å². The molecule has 0 atom stereocenters. The summed E-state index contributed by atoms with van der Waals surface area (Å²) in [6, 6.07) is 4.68. The second kappa shape index (κ2) is 5.85. The van der Waals surface area contributed by atoms with E-state index in [0.29, 0.717) is 0 Å². The van der Waals surface area contributed by atoms with Crippen LogP contribution in [-0.4, -0.2) is 24.5 Å². The Bertz CT molecular complexity index is 404. The third kappa shape index (κ3) is 3.12. The van der Waals surface area contributed by atoms with Crippen molar-refractivity contribution in [1.82, 2.24) is 4.90 Å². The number of likely N-dealkylation sites (tertiary alicyclic amines) is 1. The van der Waals surface area contributed by atoms with E-state index in [-0.39, 0.29) is 0 Å². The number of rotatable bonds is 3. The van der Waals surface area contributed by atoms with Crippen LogP contribution in [0.3, 0.4) is 0 Å². The van der Waals surface area contributed by atoms with Crippen molar-refractivity contribution in [3.05, 3.63) is 34.4 Å². The van der Waals surface area contributed by atoms with Gasteiger partial charge >= 0.3 is 0 Å². The lowest BCUT2D eigenvalue weighted by molar-refractivity contribution is 0.180. The van der Waals surface area contributed by atoms with E-state index in [4.69, 9.17) is 5.73 Å².